The van der Waals surface area contributed by atoms with Gasteiger partial charge < -0.3 is 10.5 Å². The first-order chi connectivity index (χ1) is 9.67. The molecule has 0 radical (unpaired) electrons. The fraction of sp³-hybridized carbons (Fsp3) is 0.438. The van der Waals surface area contributed by atoms with Crippen LogP contribution in [0.4, 0.5) is 0 Å². The molecular weight excluding hydrogens is 250 g/mol. The third-order valence-corrected chi connectivity index (χ3v) is 3.86. The Hall–Kier alpha value is -1.81. The standard InChI is InChI=1S/C16H21N3O/c1-3-19-14(8-11(2)18-19)10-15(17)12-4-5-16-13(9-12)6-7-20-16/h4-5,8-9,15H,3,6-7,10,17H2,1-2H3. The number of nitrogens with zero attached hydrogens (tertiary/aromatic N) is 2. The third kappa shape index (κ3) is 2.43. The molecule has 1 unspecified atom stereocenters. The van der Waals surface area contributed by atoms with Gasteiger partial charge in [0.15, 0.2) is 0 Å². The summed E-state index contributed by atoms with van der Waals surface area (Å²) in [4.78, 5) is 0. The van der Waals surface area contributed by atoms with E-state index in [2.05, 4.69) is 30.2 Å². The van der Waals surface area contributed by atoms with Gasteiger partial charge in [-0.1, -0.05) is 12.1 Å². The second-order valence-electron chi connectivity index (χ2n) is 5.37. The van der Waals surface area contributed by atoms with Gasteiger partial charge in [0, 0.05) is 31.1 Å². The third-order valence-electron chi connectivity index (χ3n) is 3.86. The number of hydrogen-bond donors (Lipinski definition) is 1. The molecule has 1 aliphatic heterocycles. The van der Waals surface area contributed by atoms with Crippen LogP contribution in [0.3, 0.4) is 0 Å². The molecule has 3 rings (SSSR count). The van der Waals surface area contributed by atoms with Crippen LogP contribution in [0.25, 0.3) is 0 Å². The maximum Gasteiger partial charge on any atom is 0.122 e. The van der Waals surface area contributed by atoms with E-state index in [-0.39, 0.29) is 6.04 Å². The minimum Gasteiger partial charge on any atom is -0.493 e. The fourth-order valence-corrected chi connectivity index (χ4v) is 2.82. The molecule has 4 nitrogen and oxygen atoms in total. The van der Waals surface area contributed by atoms with Crippen molar-refractivity contribution in [2.24, 2.45) is 5.73 Å². The van der Waals surface area contributed by atoms with Crippen molar-refractivity contribution in [2.75, 3.05) is 6.61 Å². The Balaban J connectivity index is 1.80. The smallest absolute Gasteiger partial charge is 0.122 e. The van der Waals surface area contributed by atoms with Gasteiger partial charge in [0.1, 0.15) is 5.75 Å². The zero-order valence-corrected chi connectivity index (χ0v) is 12.1. The summed E-state index contributed by atoms with van der Waals surface area (Å²) in [6, 6.07) is 8.43. The van der Waals surface area contributed by atoms with Crippen molar-refractivity contribution in [2.45, 2.75) is 39.3 Å². The van der Waals surface area contributed by atoms with Crippen molar-refractivity contribution in [3.63, 3.8) is 0 Å². The van der Waals surface area contributed by atoms with E-state index in [1.807, 2.05) is 17.7 Å². The highest BCUT2D eigenvalue weighted by Crippen LogP contribution is 2.28. The highest BCUT2D eigenvalue weighted by Gasteiger charge is 2.16. The molecular formula is C16H21N3O. The van der Waals surface area contributed by atoms with Crippen LogP contribution in [-0.2, 0) is 19.4 Å². The molecule has 0 spiro atoms. The fourth-order valence-electron chi connectivity index (χ4n) is 2.82. The number of fused-ring (bicyclic) bond motifs is 1. The van der Waals surface area contributed by atoms with E-state index in [0.717, 1.165) is 37.4 Å². The van der Waals surface area contributed by atoms with Gasteiger partial charge in [-0.25, -0.2) is 0 Å². The zero-order valence-electron chi connectivity index (χ0n) is 12.1. The van der Waals surface area contributed by atoms with Gasteiger partial charge in [0.2, 0.25) is 0 Å². The van der Waals surface area contributed by atoms with Crippen LogP contribution in [0.1, 0.15) is 35.5 Å². The number of rotatable bonds is 4. The molecule has 1 aromatic carbocycles. The Kier molecular flexibility index (Phi) is 3.49. The molecule has 2 aromatic rings. The second kappa shape index (κ2) is 5.29. The molecule has 4 heteroatoms. The number of benzene rings is 1. The van der Waals surface area contributed by atoms with E-state index in [0.29, 0.717) is 0 Å². The van der Waals surface area contributed by atoms with Gasteiger partial charge >= 0.3 is 0 Å². The molecule has 0 bridgehead atoms. The van der Waals surface area contributed by atoms with Crippen molar-refractivity contribution in [3.05, 3.63) is 46.8 Å². The lowest BCUT2D eigenvalue weighted by atomic mass is 9.99. The first kappa shape index (κ1) is 13.2. The molecule has 20 heavy (non-hydrogen) atoms. The van der Waals surface area contributed by atoms with E-state index < -0.39 is 0 Å². The molecule has 0 amide bonds. The predicted octanol–water partition coefficient (Wildman–Crippen LogP) is 2.39. The maximum atomic E-state index is 6.37. The number of aromatic nitrogens is 2. The Morgan fingerprint density at radius 3 is 3.05 bits per heavy atom. The van der Waals surface area contributed by atoms with Gasteiger partial charge in [0.25, 0.3) is 0 Å². The Morgan fingerprint density at radius 1 is 1.40 bits per heavy atom. The predicted molar refractivity (Wildman–Crippen MR) is 78.9 cm³/mol. The van der Waals surface area contributed by atoms with Crippen molar-refractivity contribution >= 4 is 0 Å². The van der Waals surface area contributed by atoms with Crippen molar-refractivity contribution in [1.29, 1.82) is 0 Å². The largest absolute Gasteiger partial charge is 0.493 e. The van der Waals surface area contributed by atoms with Crippen LogP contribution in [0, 0.1) is 6.92 Å². The van der Waals surface area contributed by atoms with Crippen LogP contribution in [0.5, 0.6) is 5.75 Å². The normalized spacial score (nSPS) is 14.9. The Bertz CT molecular complexity index is 618. The van der Waals surface area contributed by atoms with Crippen LogP contribution >= 0.6 is 0 Å². The van der Waals surface area contributed by atoms with Crippen molar-refractivity contribution in [1.82, 2.24) is 9.78 Å². The van der Waals surface area contributed by atoms with Gasteiger partial charge in [-0.3, -0.25) is 4.68 Å². The average Bonchev–Trinajstić information content (AvgIpc) is 3.03. The van der Waals surface area contributed by atoms with E-state index in [1.54, 1.807) is 0 Å². The van der Waals surface area contributed by atoms with Crippen LogP contribution in [0.2, 0.25) is 0 Å². The summed E-state index contributed by atoms with van der Waals surface area (Å²) in [7, 11) is 0. The number of aryl methyl sites for hydroxylation is 2. The van der Waals surface area contributed by atoms with Gasteiger partial charge in [0.05, 0.1) is 12.3 Å². The van der Waals surface area contributed by atoms with E-state index in [4.69, 9.17) is 10.5 Å². The number of hydrogen-bond acceptors (Lipinski definition) is 3. The van der Waals surface area contributed by atoms with Gasteiger partial charge in [-0.2, -0.15) is 5.10 Å². The van der Waals surface area contributed by atoms with Crippen LogP contribution in [-0.4, -0.2) is 16.4 Å². The SMILES string of the molecule is CCn1nc(C)cc1CC(N)c1ccc2c(c1)CCO2. The minimum atomic E-state index is 0.00213. The van der Waals surface area contributed by atoms with E-state index in [9.17, 15) is 0 Å². The highest BCUT2D eigenvalue weighted by molar-refractivity contribution is 5.41. The summed E-state index contributed by atoms with van der Waals surface area (Å²) in [6.07, 6.45) is 1.80. The summed E-state index contributed by atoms with van der Waals surface area (Å²) in [6.45, 7) is 5.80. The molecule has 2 heterocycles. The van der Waals surface area contributed by atoms with Crippen LogP contribution < -0.4 is 10.5 Å². The molecule has 1 atom stereocenters. The topological polar surface area (TPSA) is 53.1 Å². The average molecular weight is 271 g/mol. The highest BCUT2D eigenvalue weighted by atomic mass is 16.5. The molecule has 1 aliphatic rings. The summed E-state index contributed by atoms with van der Waals surface area (Å²) < 4.78 is 7.57. The molecule has 106 valence electrons. The summed E-state index contributed by atoms with van der Waals surface area (Å²) >= 11 is 0. The number of ether oxygens (including phenoxy) is 1. The first-order valence-corrected chi connectivity index (χ1v) is 7.22. The Morgan fingerprint density at radius 2 is 2.25 bits per heavy atom. The lowest BCUT2D eigenvalue weighted by molar-refractivity contribution is 0.357. The molecule has 0 saturated heterocycles. The van der Waals surface area contributed by atoms with E-state index >= 15 is 0 Å². The maximum absolute atomic E-state index is 6.37. The zero-order chi connectivity index (χ0) is 14.1. The quantitative estimate of drug-likeness (QED) is 0.929. The molecule has 0 fully saturated rings. The van der Waals surface area contributed by atoms with Gasteiger partial charge in [-0.15, -0.1) is 0 Å². The lowest BCUT2D eigenvalue weighted by Crippen LogP contribution is -2.16. The number of nitrogens with two attached hydrogens (primary N) is 1. The second-order valence-corrected chi connectivity index (χ2v) is 5.37. The van der Waals surface area contributed by atoms with E-state index in [1.165, 1.54) is 16.8 Å². The minimum absolute atomic E-state index is 0.00213. The lowest BCUT2D eigenvalue weighted by Gasteiger charge is -2.14. The Labute approximate surface area is 119 Å². The molecule has 2 N–H and O–H groups in total. The summed E-state index contributed by atoms with van der Waals surface area (Å²) in [5.74, 6) is 1.01. The first-order valence-electron chi connectivity index (χ1n) is 7.22. The monoisotopic (exact) mass is 271 g/mol. The van der Waals surface area contributed by atoms with Crippen molar-refractivity contribution in [3.8, 4) is 5.75 Å². The molecule has 1 aromatic heterocycles. The van der Waals surface area contributed by atoms with Gasteiger partial charge in [-0.05, 0) is 37.1 Å². The van der Waals surface area contributed by atoms with Crippen LogP contribution in [0.15, 0.2) is 24.3 Å². The molecule has 0 aliphatic carbocycles. The molecule has 0 saturated carbocycles. The van der Waals surface area contributed by atoms with Crippen molar-refractivity contribution < 1.29 is 4.74 Å². The summed E-state index contributed by atoms with van der Waals surface area (Å²) in [5.41, 5.74) is 11.1. The summed E-state index contributed by atoms with van der Waals surface area (Å²) in [5, 5.41) is 4.47.